The van der Waals surface area contributed by atoms with E-state index in [0.29, 0.717) is 18.0 Å². The smallest absolute Gasteiger partial charge is 0.319 e. The summed E-state index contributed by atoms with van der Waals surface area (Å²) >= 11 is 0. The van der Waals surface area contributed by atoms with Crippen molar-refractivity contribution >= 4 is 6.03 Å². The molecule has 0 radical (unpaired) electrons. The summed E-state index contributed by atoms with van der Waals surface area (Å²) in [6.07, 6.45) is 5.31. The minimum absolute atomic E-state index is 0.0460. The standard InChI is InChI=1S/C14H26N2O/c1-10(2)11(3)9-15-14(17)16-12(4)7-6-8-13(16)5/h9-10,12-13H,6-8H2,1-5H3,(H,15,17)/b11-9+. The van der Waals surface area contributed by atoms with Crippen LogP contribution in [0.1, 0.15) is 53.9 Å². The summed E-state index contributed by atoms with van der Waals surface area (Å²) < 4.78 is 0. The fourth-order valence-corrected chi connectivity index (χ4v) is 2.24. The van der Waals surface area contributed by atoms with Gasteiger partial charge >= 0.3 is 6.03 Å². The lowest BCUT2D eigenvalue weighted by Gasteiger charge is -2.38. The third kappa shape index (κ3) is 3.76. The summed E-state index contributed by atoms with van der Waals surface area (Å²) in [5.41, 5.74) is 1.20. The van der Waals surface area contributed by atoms with Crippen molar-refractivity contribution in [2.75, 3.05) is 0 Å². The van der Waals surface area contributed by atoms with Gasteiger partial charge in [0.25, 0.3) is 0 Å². The van der Waals surface area contributed by atoms with E-state index in [-0.39, 0.29) is 6.03 Å². The minimum atomic E-state index is 0.0460. The molecule has 0 spiro atoms. The summed E-state index contributed by atoms with van der Waals surface area (Å²) in [7, 11) is 0. The fraction of sp³-hybridized carbons (Fsp3) is 0.786. The summed E-state index contributed by atoms with van der Waals surface area (Å²) in [5, 5.41) is 2.92. The summed E-state index contributed by atoms with van der Waals surface area (Å²) in [4.78, 5) is 14.1. The zero-order chi connectivity index (χ0) is 13.0. The number of carbonyl (C=O) groups excluding carboxylic acids is 1. The normalized spacial score (nSPS) is 26.2. The molecule has 0 aromatic carbocycles. The van der Waals surface area contributed by atoms with Crippen molar-refractivity contribution in [2.24, 2.45) is 5.92 Å². The van der Waals surface area contributed by atoms with Crippen LogP contribution in [0.2, 0.25) is 0 Å². The highest BCUT2D eigenvalue weighted by Crippen LogP contribution is 2.22. The number of carbonyl (C=O) groups is 1. The van der Waals surface area contributed by atoms with Crippen LogP contribution in [0.3, 0.4) is 0 Å². The van der Waals surface area contributed by atoms with E-state index in [1.807, 2.05) is 18.0 Å². The first-order chi connectivity index (χ1) is 7.93. The van der Waals surface area contributed by atoms with Crippen molar-refractivity contribution in [1.29, 1.82) is 0 Å². The van der Waals surface area contributed by atoms with Crippen molar-refractivity contribution in [3.8, 4) is 0 Å². The van der Waals surface area contributed by atoms with Crippen molar-refractivity contribution in [3.05, 3.63) is 11.8 Å². The highest BCUT2D eigenvalue weighted by atomic mass is 16.2. The molecule has 1 rings (SSSR count). The van der Waals surface area contributed by atoms with E-state index in [1.165, 1.54) is 12.0 Å². The SMILES string of the molecule is C/C(=C\NC(=O)N1C(C)CCCC1C)C(C)C. The Morgan fingerprint density at radius 1 is 1.29 bits per heavy atom. The predicted octanol–water partition coefficient (Wildman–Crippen LogP) is 3.52. The van der Waals surface area contributed by atoms with E-state index in [9.17, 15) is 4.79 Å². The van der Waals surface area contributed by atoms with Gasteiger partial charge in [0.2, 0.25) is 0 Å². The van der Waals surface area contributed by atoms with Crippen LogP contribution in [0.25, 0.3) is 0 Å². The van der Waals surface area contributed by atoms with Gasteiger partial charge in [0.15, 0.2) is 0 Å². The minimum Gasteiger partial charge on any atom is -0.319 e. The lowest BCUT2D eigenvalue weighted by Crippen LogP contribution is -2.50. The molecule has 1 aliphatic heterocycles. The van der Waals surface area contributed by atoms with Gasteiger partial charge in [-0.3, -0.25) is 0 Å². The lowest BCUT2D eigenvalue weighted by molar-refractivity contribution is 0.125. The van der Waals surface area contributed by atoms with E-state index < -0.39 is 0 Å². The number of rotatable bonds is 2. The van der Waals surface area contributed by atoms with Crippen LogP contribution in [0.15, 0.2) is 11.8 Å². The van der Waals surface area contributed by atoms with Gasteiger partial charge < -0.3 is 10.2 Å². The molecule has 2 unspecified atom stereocenters. The van der Waals surface area contributed by atoms with Gasteiger partial charge in [-0.25, -0.2) is 4.79 Å². The first-order valence-electron chi connectivity index (χ1n) is 6.69. The number of amides is 2. The molecule has 2 amide bonds. The van der Waals surface area contributed by atoms with E-state index in [2.05, 4.69) is 33.0 Å². The second-order valence-electron chi connectivity index (χ2n) is 5.53. The molecule has 3 heteroatoms. The molecule has 2 atom stereocenters. The average Bonchev–Trinajstić information content (AvgIpc) is 2.25. The number of hydrogen-bond acceptors (Lipinski definition) is 1. The predicted molar refractivity (Wildman–Crippen MR) is 71.7 cm³/mol. The monoisotopic (exact) mass is 238 g/mol. The Hall–Kier alpha value is -0.990. The Morgan fingerprint density at radius 3 is 2.29 bits per heavy atom. The molecule has 0 saturated carbocycles. The average molecular weight is 238 g/mol. The Bertz CT molecular complexity index is 287. The van der Waals surface area contributed by atoms with Crippen LogP contribution >= 0.6 is 0 Å². The maximum absolute atomic E-state index is 12.1. The van der Waals surface area contributed by atoms with Gasteiger partial charge in [-0.1, -0.05) is 19.4 Å². The number of piperidine rings is 1. The summed E-state index contributed by atoms with van der Waals surface area (Å²) in [6.45, 7) is 10.6. The van der Waals surface area contributed by atoms with Gasteiger partial charge in [-0.05, 0) is 46.0 Å². The van der Waals surface area contributed by atoms with Gasteiger partial charge in [-0.2, -0.15) is 0 Å². The Kier molecular flexibility index (Phi) is 5.03. The molecular formula is C14H26N2O. The Balaban J connectivity index is 2.60. The van der Waals surface area contributed by atoms with Crippen LogP contribution in [0.4, 0.5) is 4.79 Å². The van der Waals surface area contributed by atoms with Crippen LogP contribution in [0, 0.1) is 5.92 Å². The maximum atomic E-state index is 12.1. The first-order valence-corrected chi connectivity index (χ1v) is 6.69. The number of nitrogens with one attached hydrogen (secondary N) is 1. The quantitative estimate of drug-likeness (QED) is 0.784. The van der Waals surface area contributed by atoms with Crippen LogP contribution in [-0.4, -0.2) is 23.0 Å². The molecule has 0 bridgehead atoms. The Labute approximate surface area is 105 Å². The van der Waals surface area contributed by atoms with Crippen LogP contribution < -0.4 is 5.32 Å². The zero-order valence-electron chi connectivity index (χ0n) is 11.8. The number of allylic oxidation sites excluding steroid dienone is 1. The fourth-order valence-electron chi connectivity index (χ4n) is 2.24. The molecule has 1 aliphatic rings. The molecule has 0 aromatic rings. The molecule has 1 fully saturated rings. The number of urea groups is 1. The molecule has 1 N–H and O–H groups in total. The van der Waals surface area contributed by atoms with E-state index in [4.69, 9.17) is 0 Å². The van der Waals surface area contributed by atoms with Crippen LogP contribution in [0.5, 0.6) is 0 Å². The van der Waals surface area contributed by atoms with Crippen molar-refractivity contribution in [2.45, 2.75) is 66.0 Å². The molecule has 0 aromatic heterocycles. The highest BCUT2D eigenvalue weighted by molar-refractivity contribution is 5.76. The third-order valence-electron chi connectivity index (χ3n) is 3.76. The second-order valence-corrected chi connectivity index (χ2v) is 5.53. The number of nitrogens with zero attached hydrogens (tertiary/aromatic N) is 1. The molecule has 1 saturated heterocycles. The van der Waals surface area contributed by atoms with Gasteiger partial charge in [0.05, 0.1) is 0 Å². The Morgan fingerprint density at radius 2 is 1.82 bits per heavy atom. The molecule has 1 heterocycles. The third-order valence-corrected chi connectivity index (χ3v) is 3.76. The highest BCUT2D eigenvalue weighted by Gasteiger charge is 2.28. The van der Waals surface area contributed by atoms with E-state index >= 15 is 0 Å². The maximum Gasteiger partial charge on any atom is 0.321 e. The van der Waals surface area contributed by atoms with Crippen molar-refractivity contribution in [3.63, 3.8) is 0 Å². The number of likely N-dealkylation sites (tertiary alicyclic amines) is 1. The van der Waals surface area contributed by atoms with Crippen molar-refractivity contribution < 1.29 is 4.79 Å². The molecule has 3 nitrogen and oxygen atoms in total. The largest absolute Gasteiger partial charge is 0.321 e. The second kappa shape index (κ2) is 6.08. The van der Waals surface area contributed by atoms with Gasteiger partial charge in [0, 0.05) is 18.3 Å². The topological polar surface area (TPSA) is 32.3 Å². The van der Waals surface area contributed by atoms with Gasteiger partial charge in [-0.15, -0.1) is 0 Å². The number of hydrogen-bond donors (Lipinski definition) is 1. The van der Waals surface area contributed by atoms with Crippen LogP contribution in [-0.2, 0) is 0 Å². The lowest BCUT2D eigenvalue weighted by atomic mass is 9.98. The molecule has 0 aliphatic carbocycles. The van der Waals surface area contributed by atoms with E-state index in [1.54, 1.807) is 0 Å². The van der Waals surface area contributed by atoms with Gasteiger partial charge in [0.1, 0.15) is 0 Å². The molecule has 17 heavy (non-hydrogen) atoms. The summed E-state index contributed by atoms with van der Waals surface area (Å²) in [5.74, 6) is 0.478. The van der Waals surface area contributed by atoms with E-state index in [0.717, 1.165) is 12.8 Å². The first kappa shape index (κ1) is 14.1. The van der Waals surface area contributed by atoms with Crippen molar-refractivity contribution in [1.82, 2.24) is 10.2 Å². The molecular weight excluding hydrogens is 212 g/mol. The molecule has 98 valence electrons. The summed E-state index contributed by atoms with van der Waals surface area (Å²) in [6, 6.07) is 0.753. The zero-order valence-corrected chi connectivity index (χ0v) is 11.8.